The Morgan fingerprint density at radius 1 is 0.630 bits per heavy atom. The van der Waals surface area contributed by atoms with E-state index in [0.29, 0.717) is 0 Å². The predicted molar refractivity (Wildman–Crippen MR) is 113 cm³/mol. The van der Waals surface area contributed by atoms with Crippen molar-refractivity contribution >= 4 is 16.6 Å². The topological polar surface area (TPSA) is 17.1 Å². The molecule has 0 bridgehead atoms. The molecule has 4 aromatic rings. The van der Waals surface area contributed by atoms with Gasteiger partial charge in [0.15, 0.2) is 5.78 Å². The van der Waals surface area contributed by atoms with E-state index in [4.69, 9.17) is 0 Å². The molecule has 0 fully saturated rings. The molecule has 1 heteroatoms. The summed E-state index contributed by atoms with van der Waals surface area (Å²) in [7, 11) is 0. The molecule has 0 aliphatic rings. The van der Waals surface area contributed by atoms with Gasteiger partial charge in [-0.2, -0.15) is 0 Å². The first kappa shape index (κ1) is 17.2. The summed E-state index contributed by atoms with van der Waals surface area (Å²) in [4.78, 5) is 11.6. The van der Waals surface area contributed by atoms with Crippen LogP contribution in [0.4, 0.5) is 0 Å². The maximum atomic E-state index is 11.6. The Hall–Kier alpha value is -3.19. The van der Waals surface area contributed by atoms with Gasteiger partial charge < -0.3 is 0 Å². The molecular formula is C26H22O. The molecule has 1 nitrogen and oxygen atoms in total. The minimum atomic E-state index is 0.104. The molecule has 0 saturated heterocycles. The smallest absolute Gasteiger partial charge is 0.159 e. The van der Waals surface area contributed by atoms with Gasteiger partial charge in [0.25, 0.3) is 0 Å². The number of hydrogen-bond acceptors (Lipinski definition) is 1. The van der Waals surface area contributed by atoms with E-state index in [9.17, 15) is 4.79 Å². The molecule has 4 rings (SSSR count). The van der Waals surface area contributed by atoms with Crippen molar-refractivity contribution in [1.29, 1.82) is 0 Å². The van der Waals surface area contributed by atoms with Gasteiger partial charge in [0.2, 0.25) is 0 Å². The van der Waals surface area contributed by atoms with Gasteiger partial charge >= 0.3 is 0 Å². The average Bonchev–Trinajstić information content (AvgIpc) is 2.72. The SMILES string of the molecule is CC(=O)c1ccc2cc(-c3ccc(CCc4ccccc4)cc3)ccc2c1. The van der Waals surface area contributed by atoms with E-state index in [0.717, 1.165) is 29.2 Å². The number of carbonyl (C=O) groups is 1. The number of hydrogen-bond donors (Lipinski definition) is 0. The molecule has 0 saturated carbocycles. The number of fused-ring (bicyclic) bond motifs is 1. The Kier molecular flexibility index (Phi) is 4.84. The zero-order chi connectivity index (χ0) is 18.6. The second-order valence-corrected chi connectivity index (χ2v) is 7.02. The summed E-state index contributed by atoms with van der Waals surface area (Å²) in [5.74, 6) is 0.104. The molecule has 132 valence electrons. The standard InChI is InChI=1S/C26H22O/c1-19(27)23-13-14-26-18-24(15-16-25(26)17-23)22-11-9-21(10-12-22)8-7-20-5-3-2-4-6-20/h2-6,9-18H,7-8H2,1H3. The van der Waals surface area contributed by atoms with Crippen LogP contribution in [0.3, 0.4) is 0 Å². The Labute approximate surface area is 160 Å². The first-order chi connectivity index (χ1) is 13.2. The van der Waals surface area contributed by atoms with Gasteiger partial charge in [0.05, 0.1) is 0 Å². The molecule has 0 radical (unpaired) electrons. The molecule has 0 unspecified atom stereocenters. The van der Waals surface area contributed by atoms with Crippen LogP contribution in [0.2, 0.25) is 0 Å². The lowest BCUT2D eigenvalue weighted by molar-refractivity contribution is 0.101. The predicted octanol–water partition coefficient (Wildman–Crippen LogP) is 6.49. The van der Waals surface area contributed by atoms with Crippen molar-refractivity contribution in [2.45, 2.75) is 19.8 Å². The van der Waals surface area contributed by atoms with E-state index in [-0.39, 0.29) is 5.78 Å². The van der Waals surface area contributed by atoms with Crippen LogP contribution in [0.5, 0.6) is 0 Å². The fourth-order valence-electron chi connectivity index (χ4n) is 3.44. The third kappa shape index (κ3) is 3.98. The van der Waals surface area contributed by atoms with Crippen LogP contribution in [0.1, 0.15) is 28.4 Å². The highest BCUT2D eigenvalue weighted by Crippen LogP contribution is 2.26. The average molecular weight is 350 g/mol. The summed E-state index contributed by atoms with van der Waals surface area (Å²) in [6, 6.07) is 31.8. The second kappa shape index (κ2) is 7.59. The fourth-order valence-corrected chi connectivity index (χ4v) is 3.44. The van der Waals surface area contributed by atoms with E-state index in [1.165, 1.54) is 22.3 Å². The van der Waals surface area contributed by atoms with Gasteiger partial charge in [0.1, 0.15) is 0 Å². The van der Waals surface area contributed by atoms with E-state index in [1.807, 2.05) is 18.2 Å². The summed E-state index contributed by atoms with van der Waals surface area (Å²) < 4.78 is 0. The number of aryl methyl sites for hydroxylation is 2. The zero-order valence-corrected chi connectivity index (χ0v) is 15.5. The van der Waals surface area contributed by atoms with E-state index >= 15 is 0 Å². The van der Waals surface area contributed by atoms with Crippen molar-refractivity contribution in [3.63, 3.8) is 0 Å². The molecule has 0 amide bonds. The largest absolute Gasteiger partial charge is 0.295 e. The molecule has 0 spiro atoms. The van der Waals surface area contributed by atoms with Gasteiger partial charge in [-0.1, -0.05) is 78.9 Å². The molecule has 0 N–H and O–H groups in total. The van der Waals surface area contributed by atoms with Crippen molar-refractivity contribution in [3.8, 4) is 11.1 Å². The van der Waals surface area contributed by atoms with Gasteiger partial charge in [-0.3, -0.25) is 4.79 Å². The summed E-state index contributed by atoms with van der Waals surface area (Å²) in [6.45, 7) is 1.61. The van der Waals surface area contributed by atoms with Gasteiger partial charge in [-0.25, -0.2) is 0 Å². The molecular weight excluding hydrogens is 328 g/mol. The molecule has 0 aliphatic heterocycles. The van der Waals surface area contributed by atoms with Gasteiger partial charge in [-0.15, -0.1) is 0 Å². The first-order valence-electron chi connectivity index (χ1n) is 9.37. The quantitative estimate of drug-likeness (QED) is 0.376. The number of rotatable bonds is 5. The number of benzene rings is 4. The van der Waals surface area contributed by atoms with Crippen LogP contribution in [0.25, 0.3) is 21.9 Å². The Morgan fingerprint density at radius 2 is 1.22 bits per heavy atom. The fraction of sp³-hybridized carbons (Fsp3) is 0.115. The normalized spacial score (nSPS) is 10.9. The highest BCUT2D eigenvalue weighted by atomic mass is 16.1. The van der Waals surface area contributed by atoms with Crippen molar-refractivity contribution in [3.05, 3.63) is 108 Å². The summed E-state index contributed by atoms with van der Waals surface area (Å²) in [5.41, 5.74) is 5.91. The Bertz CT molecular complexity index is 1080. The van der Waals surface area contributed by atoms with Crippen LogP contribution < -0.4 is 0 Å². The first-order valence-corrected chi connectivity index (χ1v) is 9.37. The van der Waals surface area contributed by atoms with E-state index < -0.39 is 0 Å². The van der Waals surface area contributed by atoms with Crippen molar-refractivity contribution in [1.82, 2.24) is 0 Å². The van der Waals surface area contributed by atoms with Crippen LogP contribution >= 0.6 is 0 Å². The molecule has 0 aliphatic carbocycles. The Morgan fingerprint density at radius 3 is 1.93 bits per heavy atom. The van der Waals surface area contributed by atoms with Gasteiger partial charge in [0, 0.05) is 5.56 Å². The minimum absolute atomic E-state index is 0.104. The van der Waals surface area contributed by atoms with Gasteiger partial charge in [-0.05, 0) is 64.9 Å². The summed E-state index contributed by atoms with van der Waals surface area (Å²) in [5, 5.41) is 2.26. The maximum absolute atomic E-state index is 11.6. The zero-order valence-electron chi connectivity index (χ0n) is 15.5. The van der Waals surface area contributed by atoms with Crippen molar-refractivity contribution < 1.29 is 4.79 Å². The lowest BCUT2D eigenvalue weighted by Gasteiger charge is -2.07. The highest BCUT2D eigenvalue weighted by molar-refractivity contribution is 5.99. The Balaban J connectivity index is 1.52. The lowest BCUT2D eigenvalue weighted by Crippen LogP contribution is -1.92. The van der Waals surface area contributed by atoms with Crippen LogP contribution in [0.15, 0.2) is 91.0 Å². The van der Waals surface area contributed by atoms with E-state index in [1.54, 1.807) is 6.92 Å². The van der Waals surface area contributed by atoms with Crippen molar-refractivity contribution in [2.75, 3.05) is 0 Å². The third-order valence-corrected chi connectivity index (χ3v) is 5.08. The molecule has 0 atom stereocenters. The number of Topliss-reactive ketones (excluding diaryl/α,β-unsaturated/α-hetero) is 1. The number of ketones is 1. The van der Waals surface area contributed by atoms with Crippen LogP contribution in [-0.2, 0) is 12.8 Å². The number of carbonyl (C=O) groups excluding carboxylic acids is 1. The van der Waals surface area contributed by atoms with Crippen LogP contribution in [0, 0.1) is 0 Å². The van der Waals surface area contributed by atoms with E-state index in [2.05, 4.69) is 72.8 Å². The van der Waals surface area contributed by atoms with Crippen molar-refractivity contribution in [2.24, 2.45) is 0 Å². The minimum Gasteiger partial charge on any atom is -0.295 e. The highest BCUT2D eigenvalue weighted by Gasteiger charge is 2.04. The second-order valence-electron chi connectivity index (χ2n) is 7.02. The monoisotopic (exact) mass is 350 g/mol. The molecule has 27 heavy (non-hydrogen) atoms. The summed E-state index contributed by atoms with van der Waals surface area (Å²) >= 11 is 0. The molecule has 0 heterocycles. The lowest BCUT2D eigenvalue weighted by atomic mass is 9.97. The molecule has 0 aromatic heterocycles. The van der Waals surface area contributed by atoms with Crippen LogP contribution in [-0.4, -0.2) is 5.78 Å². The third-order valence-electron chi connectivity index (χ3n) is 5.08. The molecule has 4 aromatic carbocycles. The maximum Gasteiger partial charge on any atom is 0.159 e. The summed E-state index contributed by atoms with van der Waals surface area (Å²) in [6.07, 6.45) is 2.12.